The molecule has 108 valence electrons. The summed E-state index contributed by atoms with van der Waals surface area (Å²) < 4.78 is 11.3. The molecule has 0 amide bonds. The lowest BCUT2D eigenvalue weighted by Gasteiger charge is -2.22. The van der Waals surface area contributed by atoms with Crippen molar-refractivity contribution in [2.75, 3.05) is 18.5 Å². The normalized spacial score (nSPS) is 20.5. The van der Waals surface area contributed by atoms with Crippen molar-refractivity contribution in [3.8, 4) is 11.5 Å². The molecule has 2 aliphatic rings. The first kappa shape index (κ1) is 12.5. The Bertz CT molecular complexity index is 696. The molecule has 0 saturated heterocycles. The Labute approximate surface area is 123 Å². The maximum atomic E-state index is 5.68. The van der Waals surface area contributed by atoms with Crippen molar-refractivity contribution < 1.29 is 9.47 Å². The average molecular weight is 282 g/mol. The molecule has 0 spiro atoms. The zero-order valence-corrected chi connectivity index (χ0v) is 11.8. The van der Waals surface area contributed by atoms with Crippen LogP contribution in [0.5, 0.6) is 11.5 Å². The summed E-state index contributed by atoms with van der Waals surface area (Å²) in [6.45, 7) is 1.22. The first-order valence-electron chi connectivity index (χ1n) is 7.50. The Morgan fingerprint density at radius 2 is 1.95 bits per heavy atom. The number of nitrogens with one attached hydrogen (secondary N) is 1. The van der Waals surface area contributed by atoms with Crippen molar-refractivity contribution in [2.24, 2.45) is 0 Å². The van der Waals surface area contributed by atoms with Gasteiger partial charge < -0.3 is 14.8 Å². The van der Waals surface area contributed by atoms with Gasteiger partial charge in [0.1, 0.15) is 19.0 Å². The fourth-order valence-corrected chi connectivity index (χ4v) is 2.94. The van der Waals surface area contributed by atoms with Crippen LogP contribution in [0.25, 0.3) is 10.8 Å². The summed E-state index contributed by atoms with van der Waals surface area (Å²) in [5, 5.41) is 5.79. The zero-order valence-electron chi connectivity index (χ0n) is 11.8. The monoisotopic (exact) mass is 282 g/mol. The molecule has 2 heterocycles. The molecule has 1 unspecified atom stereocenters. The molecule has 0 radical (unpaired) electrons. The van der Waals surface area contributed by atoms with Gasteiger partial charge in [-0.15, -0.1) is 0 Å². The predicted octanol–water partition coefficient (Wildman–Crippen LogP) is 3.53. The number of aromatic nitrogens is 1. The molecule has 1 aromatic heterocycles. The number of benzene rings is 1. The maximum absolute atomic E-state index is 5.68. The van der Waals surface area contributed by atoms with E-state index in [-0.39, 0.29) is 0 Å². The summed E-state index contributed by atoms with van der Waals surface area (Å²) in [6.07, 6.45) is 9.68. The van der Waals surface area contributed by atoms with E-state index in [9.17, 15) is 0 Å². The van der Waals surface area contributed by atoms with Gasteiger partial charge in [-0.1, -0.05) is 12.2 Å². The number of fused-ring (bicyclic) bond motifs is 2. The number of ether oxygens (including phenoxy) is 2. The third kappa shape index (κ3) is 2.42. The van der Waals surface area contributed by atoms with E-state index in [0.717, 1.165) is 47.4 Å². The van der Waals surface area contributed by atoms with Crippen molar-refractivity contribution >= 4 is 16.6 Å². The first-order chi connectivity index (χ1) is 10.4. The number of allylic oxidation sites excluding steroid dienone is 1. The highest BCUT2D eigenvalue weighted by Gasteiger charge is 2.16. The highest BCUT2D eigenvalue weighted by molar-refractivity contribution is 5.94. The third-order valence-corrected chi connectivity index (χ3v) is 4.04. The maximum Gasteiger partial charge on any atom is 0.162 e. The number of nitrogens with zero attached hydrogens (tertiary/aromatic N) is 1. The number of hydrogen-bond donors (Lipinski definition) is 1. The molecule has 21 heavy (non-hydrogen) atoms. The molecule has 1 aliphatic heterocycles. The quantitative estimate of drug-likeness (QED) is 0.856. The van der Waals surface area contributed by atoms with Gasteiger partial charge in [0.2, 0.25) is 0 Å². The number of pyridine rings is 1. The first-order valence-corrected chi connectivity index (χ1v) is 7.50. The largest absolute Gasteiger partial charge is 0.486 e. The van der Waals surface area contributed by atoms with Crippen LogP contribution in [0.4, 0.5) is 5.82 Å². The van der Waals surface area contributed by atoms with Gasteiger partial charge in [-0.3, -0.25) is 0 Å². The molecular weight excluding hydrogens is 264 g/mol. The van der Waals surface area contributed by atoms with Gasteiger partial charge in [-0.05, 0) is 42.8 Å². The van der Waals surface area contributed by atoms with Crippen molar-refractivity contribution in [1.29, 1.82) is 0 Å². The summed E-state index contributed by atoms with van der Waals surface area (Å²) in [6, 6.07) is 6.55. The van der Waals surface area contributed by atoms with Crippen LogP contribution in [0.3, 0.4) is 0 Å². The second-order valence-corrected chi connectivity index (χ2v) is 5.50. The molecular formula is C17H18N2O2. The number of rotatable bonds is 2. The Kier molecular flexibility index (Phi) is 3.14. The molecule has 0 fully saturated rings. The second-order valence-electron chi connectivity index (χ2n) is 5.50. The van der Waals surface area contributed by atoms with Crippen LogP contribution < -0.4 is 14.8 Å². The minimum Gasteiger partial charge on any atom is -0.486 e. The summed E-state index contributed by atoms with van der Waals surface area (Å²) in [4.78, 5) is 4.52. The van der Waals surface area contributed by atoms with Crippen LogP contribution >= 0.6 is 0 Å². The summed E-state index contributed by atoms with van der Waals surface area (Å²) >= 11 is 0. The van der Waals surface area contributed by atoms with Crippen molar-refractivity contribution in [2.45, 2.75) is 25.3 Å². The fourth-order valence-electron chi connectivity index (χ4n) is 2.94. The van der Waals surface area contributed by atoms with Crippen LogP contribution in [0.1, 0.15) is 19.3 Å². The lowest BCUT2D eigenvalue weighted by molar-refractivity contribution is 0.172. The van der Waals surface area contributed by atoms with Gasteiger partial charge in [0.25, 0.3) is 0 Å². The molecule has 4 heteroatoms. The van der Waals surface area contributed by atoms with E-state index >= 15 is 0 Å². The smallest absolute Gasteiger partial charge is 0.162 e. The number of hydrogen-bond acceptors (Lipinski definition) is 4. The highest BCUT2D eigenvalue weighted by Crippen LogP contribution is 2.36. The van der Waals surface area contributed by atoms with Gasteiger partial charge >= 0.3 is 0 Å². The zero-order chi connectivity index (χ0) is 14.1. The van der Waals surface area contributed by atoms with E-state index in [1.54, 1.807) is 0 Å². The van der Waals surface area contributed by atoms with Crippen LogP contribution in [-0.4, -0.2) is 24.2 Å². The van der Waals surface area contributed by atoms with E-state index in [2.05, 4.69) is 22.5 Å². The summed E-state index contributed by atoms with van der Waals surface area (Å²) in [7, 11) is 0. The Hall–Kier alpha value is -2.23. The van der Waals surface area contributed by atoms with Gasteiger partial charge in [0.05, 0.1) is 0 Å². The SMILES string of the molecule is C1=CCC(Nc2nccc3cc4c(cc23)OCCO4)CC1. The Balaban J connectivity index is 1.72. The van der Waals surface area contributed by atoms with Crippen LogP contribution in [0.15, 0.2) is 36.5 Å². The topological polar surface area (TPSA) is 43.4 Å². The summed E-state index contributed by atoms with van der Waals surface area (Å²) in [5.41, 5.74) is 0. The minimum atomic E-state index is 0.460. The van der Waals surface area contributed by atoms with Crippen molar-refractivity contribution in [3.63, 3.8) is 0 Å². The van der Waals surface area contributed by atoms with Gasteiger partial charge in [-0.2, -0.15) is 0 Å². The molecule has 1 N–H and O–H groups in total. The third-order valence-electron chi connectivity index (χ3n) is 4.04. The standard InChI is InChI=1S/C17H18N2O2/c1-2-4-13(5-3-1)19-17-14-11-16-15(20-8-9-21-16)10-12(14)6-7-18-17/h1-2,6-7,10-11,13H,3-5,8-9H2,(H,18,19). The van der Waals surface area contributed by atoms with Gasteiger partial charge in [-0.25, -0.2) is 4.98 Å². The molecule has 0 bridgehead atoms. The van der Waals surface area contributed by atoms with Crippen LogP contribution in [0, 0.1) is 0 Å². The van der Waals surface area contributed by atoms with E-state index in [1.165, 1.54) is 0 Å². The molecule has 1 atom stereocenters. The molecule has 0 saturated carbocycles. The van der Waals surface area contributed by atoms with Gasteiger partial charge in [0.15, 0.2) is 11.5 Å². The average Bonchev–Trinajstić information content (AvgIpc) is 2.54. The lowest BCUT2D eigenvalue weighted by Crippen LogP contribution is -2.21. The fraction of sp³-hybridized carbons (Fsp3) is 0.353. The predicted molar refractivity (Wildman–Crippen MR) is 83.1 cm³/mol. The van der Waals surface area contributed by atoms with Crippen LogP contribution in [0.2, 0.25) is 0 Å². The number of anilines is 1. The van der Waals surface area contributed by atoms with E-state index < -0.39 is 0 Å². The van der Waals surface area contributed by atoms with E-state index in [4.69, 9.17) is 9.47 Å². The minimum absolute atomic E-state index is 0.460. The van der Waals surface area contributed by atoms with Crippen molar-refractivity contribution in [3.05, 3.63) is 36.5 Å². The molecule has 2 aromatic rings. The lowest BCUT2D eigenvalue weighted by atomic mass is 10.0. The van der Waals surface area contributed by atoms with Crippen LogP contribution in [-0.2, 0) is 0 Å². The van der Waals surface area contributed by atoms with Crippen molar-refractivity contribution in [1.82, 2.24) is 4.98 Å². The van der Waals surface area contributed by atoms with E-state index in [1.807, 2.05) is 24.4 Å². The highest BCUT2D eigenvalue weighted by atomic mass is 16.6. The molecule has 4 rings (SSSR count). The molecule has 4 nitrogen and oxygen atoms in total. The second kappa shape index (κ2) is 5.28. The summed E-state index contributed by atoms with van der Waals surface area (Å²) in [5.74, 6) is 2.57. The molecule has 1 aromatic carbocycles. The van der Waals surface area contributed by atoms with E-state index in [0.29, 0.717) is 19.3 Å². The van der Waals surface area contributed by atoms with Gasteiger partial charge in [0, 0.05) is 17.6 Å². The molecule has 1 aliphatic carbocycles. The Morgan fingerprint density at radius 1 is 1.10 bits per heavy atom. The Morgan fingerprint density at radius 3 is 2.76 bits per heavy atom.